The van der Waals surface area contributed by atoms with Gasteiger partial charge in [-0.15, -0.1) is 0 Å². The number of nitrogens with one attached hydrogen (secondary N) is 2. The summed E-state index contributed by atoms with van der Waals surface area (Å²) in [5.74, 6) is 0.0328. The van der Waals surface area contributed by atoms with E-state index in [4.69, 9.17) is 15.7 Å². The lowest BCUT2D eigenvalue weighted by Crippen LogP contribution is -2.47. The highest BCUT2D eigenvalue weighted by Gasteiger charge is 2.15. The lowest BCUT2D eigenvalue weighted by Gasteiger charge is -2.19. The Morgan fingerprint density at radius 1 is 1.53 bits per heavy atom. The number of carbonyl (C=O) groups excluding carboxylic acids is 1. The molecule has 0 aliphatic heterocycles. The van der Waals surface area contributed by atoms with Gasteiger partial charge in [0.2, 0.25) is 5.91 Å². The minimum atomic E-state index is -0.339. The molecule has 0 saturated carbocycles. The van der Waals surface area contributed by atoms with Gasteiger partial charge in [-0.3, -0.25) is 4.79 Å². The van der Waals surface area contributed by atoms with Crippen LogP contribution >= 0.6 is 0 Å². The first kappa shape index (κ1) is 15.7. The number of nitrogens with two attached hydrogens (primary N) is 1. The third kappa shape index (κ3) is 7.53. The molecule has 0 aromatic heterocycles. The van der Waals surface area contributed by atoms with Gasteiger partial charge in [0.25, 0.3) is 0 Å². The average molecular weight is 246 g/mol. The molecule has 5 N–H and O–H groups in total. The van der Waals surface area contributed by atoms with E-state index in [0.717, 1.165) is 0 Å². The predicted octanol–water partition coefficient (Wildman–Crippen LogP) is -0.748. The standard InChI is InChI=1S/C10H22N4O3/c1-7(6-9(11)14-16)13-8(2)10(15)12-4-5-17-3/h7-8,13,16H,4-6H2,1-3H3,(H2,11,14)(H,12,15). The molecule has 100 valence electrons. The monoisotopic (exact) mass is 246 g/mol. The molecule has 17 heavy (non-hydrogen) atoms. The number of carbonyl (C=O) groups is 1. The van der Waals surface area contributed by atoms with E-state index in [2.05, 4.69) is 15.8 Å². The van der Waals surface area contributed by atoms with Gasteiger partial charge >= 0.3 is 0 Å². The summed E-state index contributed by atoms with van der Waals surface area (Å²) >= 11 is 0. The van der Waals surface area contributed by atoms with E-state index in [-0.39, 0.29) is 23.8 Å². The smallest absolute Gasteiger partial charge is 0.236 e. The molecule has 0 heterocycles. The molecule has 7 heteroatoms. The van der Waals surface area contributed by atoms with Crippen molar-refractivity contribution in [1.29, 1.82) is 0 Å². The minimum absolute atomic E-state index is 0.0472. The van der Waals surface area contributed by atoms with E-state index in [1.54, 1.807) is 14.0 Å². The highest BCUT2D eigenvalue weighted by molar-refractivity contribution is 5.82. The molecule has 1 amide bonds. The number of rotatable bonds is 8. The van der Waals surface area contributed by atoms with Crippen molar-refractivity contribution in [3.63, 3.8) is 0 Å². The Hall–Kier alpha value is -1.34. The van der Waals surface area contributed by atoms with Crippen LogP contribution in [0.15, 0.2) is 5.16 Å². The molecule has 2 atom stereocenters. The van der Waals surface area contributed by atoms with Crippen LogP contribution in [0.25, 0.3) is 0 Å². The molecular weight excluding hydrogens is 224 g/mol. The second-order valence-corrected chi connectivity index (χ2v) is 3.87. The second-order valence-electron chi connectivity index (χ2n) is 3.87. The molecule has 0 saturated heterocycles. The van der Waals surface area contributed by atoms with Crippen molar-refractivity contribution in [3.05, 3.63) is 0 Å². The van der Waals surface area contributed by atoms with Crippen molar-refractivity contribution in [2.75, 3.05) is 20.3 Å². The van der Waals surface area contributed by atoms with E-state index in [1.807, 2.05) is 6.92 Å². The summed E-state index contributed by atoms with van der Waals surface area (Å²) < 4.78 is 4.83. The van der Waals surface area contributed by atoms with Gasteiger partial charge in [-0.1, -0.05) is 5.16 Å². The lowest BCUT2D eigenvalue weighted by atomic mass is 10.2. The maximum atomic E-state index is 11.6. The Morgan fingerprint density at radius 2 is 2.18 bits per heavy atom. The van der Waals surface area contributed by atoms with Gasteiger partial charge in [-0.25, -0.2) is 0 Å². The summed E-state index contributed by atoms with van der Waals surface area (Å²) in [6.07, 6.45) is 0.381. The van der Waals surface area contributed by atoms with Crippen molar-refractivity contribution in [1.82, 2.24) is 10.6 Å². The summed E-state index contributed by atoms with van der Waals surface area (Å²) in [4.78, 5) is 11.6. The van der Waals surface area contributed by atoms with E-state index in [1.165, 1.54) is 0 Å². The quantitative estimate of drug-likeness (QED) is 0.148. The molecule has 0 bridgehead atoms. The third-order valence-corrected chi connectivity index (χ3v) is 2.18. The molecule has 0 radical (unpaired) electrons. The first-order valence-corrected chi connectivity index (χ1v) is 5.50. The van der Waals surface area contributed by atoms with Gasteiger partial charge in [-0.05, 0) is 13.8 Å². The molecule has 0 aliphatic carbocycles. The summed E-state index contributed by atoms with van der Waals surface area (Å²) in [6.45, 7) is 4.58. The van der Waals surface area contributed by atoms with E-state index >= 15 is 0 Å². The number of ether oxygens (including phenoxy) is 1. The van der Waals surface area contributed by atoms with Gasteiger partial charge < -0.3 is 26.3 Å². The fourth-order valence-electron chi connectivity index (χ4n) is 1.35. The van der Waals surface area contributed by atoms with E-state index < -0.39 is 0 Å². The number of hydrogen-bond acceptors (Lipinski definition) is 5. The first-order chi connectivity index (χ1) is 8.01. The molecule has 0 aromatic carbocycles. The number of oxime groups is 1. The van der Waals surface area contributed by atoms with Gasteiger partial charge in [-0.2, -0.15) is 0 Å². The van der Waals surface area contributed by atoms with Gasteiger partial charge in [0.05, 0.1) is 12.6 Å². The Balaban J connectivity index is 3.90. The molecule has 7 nitrogen and oxygen atoms in total. The summed E-state index contributed by atoms with van der Waals surface area (Å²) in [6, 6.07) is -0.387. The van der Waals surface area contributed by atoms with Crippen molar-refractivity contribution >= 4 is 11.7 Å². The minimum Gasteiger partial charge on any atom is -0.409 e. The van der Waals surface area contributed by atoms with Gasteiger partial charge in [0.15, 0.2) is 0 Å². The third-order valence-electron chi connectivity index (χ3n) is 2.18. The first-order valence-electron chi connectivity index (χ1n) is 5.50. The number of hydrogen-bond donors (Lipinski definition) is 4. The lowest BCUT2D eigenvalue weighted by molar-refractivity contribution is -0.123. The SMILES string of the molecule is COCCNC(=O)C(C)NC(C)CC(N)=NO. The van der Waals surface area contributed by atoms with Crippen molar-refractivity contribution in [2.24, 2.45) is 10.9 Å². The molecule has 0 spiro atoms. The zero-order valence-corrected chi connectivity index (χ0v) is 10.6. The fraction of sp³-hybridized carbons (Fsp3) is 0.800. The average Bonchev–Trinajstić information content (AvgIpc) is 2.28. The number of nitrogens with zero attached hydrogens (tertiary/aromatic N) is 1. The topological polar surface area (TPSA) is 109 Å². The summed E-state index contributed by atoms with van der Waals surface area (Å²) in [7, 11) is 1.58. The van der Waals surface area contributed by atoms with Crippen LogP contribution in [-0.4, -0.2) is 49.3 Å². The number of amides is 1. The van der Waals surface area contributed by atoms with Gasteiger partial charge in [0.1, 0.15) is 5.84 Å². The molecule has 0 fully saturated rings. The zero-order valence-electron chi connectivity index (χ0n) is 10.6. The van der Waals surface area contributed by atoms with Crippen LogP contribution in [0.3, 0.4) is 0 Å². The maximum absolute atomic E-state index is 11.6. The molecule has 2 unspecified atom stereocenters. The van der Waals surface area contributed by atoms with E-state index in [9.17, 15) is 4.79 Å². The predicted molar refractivity (Wildman–Crippen MR) is 65.0 cm³/mol. The van der Waals surface area contributed by atoms with Crippen molar-refractivity contribution in [3.8, 4) is 0 Å². The largest absolute Gasteiger partial charge is 0.409 e. The van der Waals surface area contributed by atoms with Crippen molar-refractivity contribution in [2.45, 2.75) is 32.4 Å². The zero-order chi connectivity index (χ0) is 13.3. The normalized spacial score (nSPS) is 15.4. The Labute approximate surface area is 101 Å². The molecular formula is C10H22N4O3. The van der Waals surface area contributed by atoms with Crippen LogP contribution in [0.1, 0.15) is 20.3 Å². The van der Waals surface area contributed by atoms with Crippen LogP contribution in [-0.2, 0) is 9.53 Å². The second kappa shape index (κ2) is 8.77. The van der Waals surface area contributed by atoms with Crippen LogP contribution in [0, 0.1) is 0 Å². The van der Waals surface area contributed by atoms with Crippen molar-refractivity contribution < 1.29 is 14.7 Å². The summed E-state index contributed by atoms with van der Waals surface area (Å²) in [5, 5.41) is 17.1. The van der Waals surface area contributed by atoms with Crippen LogP contribution in [0.5, 0.6) is 0 Å². The van der Waals surface area contributed by atoms with Crippen LogP contribution in [0.4, 0.5) is 0 Å². The van der Waals surface area contributed by atoms with Crippen LogP contribution < -0.4 is 16.4 Å². The van der Waals surface area contributed by atoms with Gasteiger partial charge in [0, 0.05) is 26.1 Å². The maximum Gasteiger partial charge on any atom is 0.236 e. The Bertz CT molecular complexity index is 258. The molecule has 0 aliphatic rings. The Morgan fingerprint density at radius 3 is 2.71 bits per heavy atom. The highest BCUT2D eigenvalue weighted by atomic mass is 16.5. The highest BCUT2D eigenvalue weighted by Crippen LogP contribution is 1.93. The van der Waals surface area contributed by atoms with Crippen LogP contribution in [0.2, 0.25) is 0 Å². The number of methoxy groups -OCH3 is 1. The molecule has 0 rings (SSSR count). The fourth-order valence-corrected chi connectivity index (χ4v) is 1.35. The number of amidine groups is 1. The summed E-state index contributed by atoms with van der Waals surface area (Å²) in [5.41, 5.74) is 5.37. The Kier molecular flexibility index (Phi) is 8.08. The van der Waals surface area contributed by atoms with E-state index in [0.29, 0.717) is 19.6 Å². The molecule has 0 aromatic rings.